The van der Waals surface area contributed by atoms with Crippen molar-refractivity contribution in [3.8, 4) is 5.88 Å². The molecule has 1 saturated carbocycles. The predicted octanol–water partition coefficient (Wildman–Crippen LogP) is 6.24. The Kier molecular flexibility index (Phi) is 11.6. The summed E-state index contributed by atoms with van der Waals surface area (Å²) >= 11 is 0. The number of benzene rings is 2. The SMILES string of the molecule is C=C[C@H]1C[C@]1(CC(=O)[C@@H]1C[C@@H]2CN1C(=O)[C@H](CCCC)CC(=O)OCCCCCc1ccc3ccnc(c3c1)O2)C(=O)CS(=O)(=O)c1ccccc1. The third kappa shape index (κ3) is 8.30. The number of aromatic nitrogens is 1. The average Bonchev–Trinajstić information content (AvgIpc) is 3.70. The lowest BCUT2D eigenvalue weighted by atomic mass is 9.88. The molecule has 10 nitrogen and oxygen atoms in total. The summed E-state index contributed by atoms with van der Waals surface area (Å²) in [5, 5.41) is 1.81. The lowest BCUT2D eigenvalue weighted by Crippen LogP contribution is -2.45. The lowest BCUT2D eigenvalue weighted by Gasteiger charge is -2.29. The van der Waals surface area contributed by atoms with E-state index in [1.54, 1.807) is 30.5 Å². The first-order chi connectivity index (χ1) is 25.0. The number of unbranched alkanes of at least 4 members (excludes halogenated alkanes) is 1. The topological polar surface area (TPSA) is 137 Å². The Morgan fingerprint density at radius 3 is 2.63 bits per heavy atom. The molecule has 52 heavy (non-hydrogen) atoms. The van der Waals surface area contributed by atoms with Gasteiger partial charge < -0.3 is 14.4 Å². The number of cyclic esters (lactones) is 1. The van der Waals surface area contributed by atoms with Gasteiger partial charge in [-0.15, -0.1) is 6.58 Å². The van der Waals surface area contributed by atoms with Crippen LogP contribution in [0.5, 0.6) is 5.88 Å². The molecule has 3 aliphatic rings. The second-order valence-electron chi connectivity index (χ2n) is 14.6. The first-order valence-electron chi connectivity index (χ1n) is 18.5. The monoisotopic (exact) mass is 728 g/mol. The van der Waals surface area contributed by atoms with Crippen molar-refractivity contribution in [3.05, 3.63) is 79.0 Å². The molecule has 1 aliphatic carbocycles. The van der Waals surface area contributed by atoms with Gasteiger partial charge in [0.2, 0.25) is 11.8 Å². The number of amides is 1. The molecule has 1 amide bonds. The number of sulfone groups is 1. The number of Topliss-reactive ketones (excluding diaryl/α,β-unsaturated/α-hetero) is 2. The van der Waals surface area contributed by atoms with Crippen molar-refractivity contribution in [2.45, 2.75) is 94.6 Å². The summed E-state index contributed by atoms with van der Waals surface area (Å²) < 4.78 is 38.5. The highest BCUT2D eigenvalue weighted by Gasteiger charge is 2.60. The minimum absolute atomic E-state index is 0.0422. The first-order valence-corrected chi connectivity index (χ1v) is 20.2. The molecule has 4 bridgehead atoms. The van der Waals surface area contributed by atoms with Gasteiger partial charge in [0.1, 0.15) is 11.9 Å². The Labute approximate surface area is 305 Å². The van der Waals surface area contributed by atoms with Gasteiger partial charge in [-0.25, -0.2) is 13.4 Å². The summed E-state index contributed by atoms with van der Waals surface area (Å²) in [5.74, 6) is -3.01. The molecule has 2 fully saturated rings. The van der Waals surface area contributed by atoms with Crippen molar-refractivity contribution in [1.29, 1.82) is 0 Å². The van der Waals surface area contributed by atoms with Crippen LogP contribution in [-0.2, 0) is 40.2 Å². The molecule has 0 radical (unpaired) electrons. The van der Waals surface area contributed by atoms with E-state index in [4.69, 9.17) is 9.47 Å². The summed E-state index contributed by atoms with van der Waals surface area (Å²) in [4.78, 5) is 61.8. The number of ether oxygens (including phenoxy) is 2. The van der Waals surface area contributed by atoms with E-state index in [1.807, 2.05) is 19.1 Å². The maximum atomic E-state index is 14.4. The zero-order valence-electron chi connectivity index (χ0n) is 29.8. The third-order valence-electron chi connectivity index (χ3n) is 10.9. The van der Waals surface area contributed by atoms with Crippen LogP contribution in [0.3, 0.4) is 0 Å². The maximum absolute atomic E-state index is 14.4. The fraction of sp³-hybridized carbons (Fsp3) is 0.488. The van der Waals surface area contributed by atoms with E-state index in [2.05, 4.69) is 23.7 Å². The maximum Gasteiger partial charge on any atom is 0.306 e. The highest BCUT2D eigenvalue weighted by Crippen LogP contribution is 2.57. The molecule has 6 rings (SSSR count). The molecule has 3 aromatic rings. The molecule has 0 N–H and O–H groups in total. The van der Waals surface area contributed by atoms with Gasteiger partial charge in [0, 0.05) is 35.8 Å². The minimum Gasteiger partial charge on any atom is -0.472 e. The van der Waals surface area contributed by atoms with Crippen molar-refractivity contribution in [3.63, 3.8) is 0 Å². The van der Waals surface area contributed by atoms with Gasteiger partial charge in [0.25, 0.3) is 0 Å². The van der Waals surface area contributed by atoms with Crippen molar-refractivity contribution in [1.82, 2.24) is 9.88 Å². The van der Waals surface area contributed by atoms with Crippen molar-refractivity contribution >= 4 is 44.1 Å². The molecule has 0 spiro atoms. The van der Waals surface area contributed by atoms with Gasteiger partial charge in [0.05, 0.1) is 30.5 Å². The number of ketones is 2. The van der Waals surface area contributed by atoms with Gasteiger partial charge in [-0.05, 0) is 79.7 Å². The van der Waals surface area contributed by atoms with E-state index in [0.29, 0.717) is 31.6 Å². The second-order valence-corrected chi connectivity index (χ2v) is 16.6. The fourth-order valence-electron chi connectivity index (χ4n) is 7.80. The molecular weight excluding hydrogens is 681 g/mol. The molecule has 3 heterocycles. The van der Waals surface area contributed by atoms with Crippen LogP contribution < -0.4 is 4.74 Å². The second kappa shape index (κ2) is 16.1. The summed E-state index contributed by atoms with van der Waals surface area (Å²) in [6.45, 7) is 6.24. The van der Waals surface area contributed by atoms with Crippen LogP contribution in [0.25, 0.3) is 10.8 Å². The van der Waals surface area contributed by atoms with E-state index in [0.717, 1.165) is 42.0 Å². The van der Waals surface area contributed by atoms with Crippen LogP contribution in [0.15, 0.2) is 78.3 Å². The van der Waals surface area contributed by atoms with Crippen LogP contribution in [0.2, 0.25) is 0 Å². The molecule has 1 aromatic heterocycles. The standard InChI is InChI=1S/C41H48N2O8S/c1-3-5-13-30-22-38(46)50-20-11-7-8-12-28-16-17-29-18-19-42-39(34(29)21-28)51-32-23-35(43(26-32)40(30)47)36(44)25-41(24-31(41)4-2)37(45)27-52(48,49)33-14-9-6-10-15-33/h4,6,9-10,14-19,21,30-32,35H,2-3,5,7-8,11-13,20,22-27H2,1H3/t30-,31+,32-,35+,41-/m1/s1. The highest BCUT2D eigenvalue weighted by molar-refractivity contribution is 7.92. The number of esters is 1. The number of hydrogen-bond donors (Lipinski definition) is 0. The van der Waals surface area contributed by atoms with Gasteiger partial charge >= 0.3 is 5.97 Å². The van der Waals surface area contributed by atoms with Crippen molar-refractivity contribution < 1.29 is 37.1 Å². The minimum atomic E-state index is -3.94. The molecule has 1 saturated heterocycles. The number of hydrogen-bond acceptors (Lipinski definition) is 9. The molecule has 5 atom stereocenters. The Balaban J connectivity index is 1.30. The molecule has 0 unspecified atom stereocenters. The molecule has 11 heteroatoms. The van der Waals surface area contributed by atoms with Crippen LogP contribution in [0.1, 0.15) is 76.7 Å². The van der Waals surface area contributed by atoms with Crippen LogP contribution in [-0.4, -0.2) is 72.8 Å². The molecule has 2 aromatic carbocycles. The smallest absolute Gasteiger partial charge is 0.306 e. The number of carbonyl (C=O) groups excluding carboxylic acids is 4. The summed E-state index contributed by atoms with van der Waals surface area (Å²) in [6.07, 6.45) is 8.21. The van der Waals surface area contributed by atoms with E-state index >= 15 is 0 Å². The number of carbonyl (C=O) groups is 4. The van der Waals surface area contributed by atoms with E-state index < -0.39 is 50.8 Å². The van der Waals surface area contributed by atoms with Gasteiger partial charge in [-0.1, -0.05) is 56.2 Å². The third-order valence-corrected chi connectivity index (χ3v) is 12.6. The largest absolute Gasteiger partial charge is 0.472 e. The Morgan fingerprint density at radius 1 is 1.08 bits per heavy atom. The van der Waals surface area contributed by atoms with E-state index in [1.165, 1.54) is 17.0 Å². The van der Waals surface area contributed by atoms with Crippen molar-refractivity contribution in [2.75, 3.05) is 18.9 Å². The fourth-order valence-corrected chi connectivity index (χ4v) is 9.17. The van der Waals surface area contributed by atoms with Crippen LogP contribution in [0, 0.1) is 17.3 Å². The Morgan fingerprint density at radius 2 is 1.88 bits per heavy atom. The normalized spacial score (nSPS) is 25.5. The zero-order chi connectivity index (χ0) is 36.9. The quantitative estimate of drug-likeness (QED) is 0.166. The van der Waals surface area contributed by atoms with E-state index in [-0.39, 0.29) is 54.9 Å². The zero-order valence-corrected chi connectivity index (χ0v) is 30.7. The highest BCUT2D eigenvalue weighted by atomic mass is 32.2. The van der Waals surface area contributed by atoms with Crippen LogP contribution >= 0.6 is 0 Å². The van der Waals surface area contributed by atoms with Gasteiger partial charge in [0.15, 0.2) is 21.4 Å². The van der Waals surface area contributed by atoms with Gasteiger partial charge in [-0.3, -0.25) is 19.2 Å². The summed E-state index contributed by atoms with van der Waals surface area (Å²) in [6, 6.07) is 15.0. The predicted molar refractivity (Wildman–Crippen MR) is 196 cm³/mol. The summed E-state index contributed by atoms with van der Waals surface area (Å²) in [7, 11) is -3.94. The number of fused-ring (bicyclic) bond motifs is 3. The first kappa shape index (κ1) is 37.4. The summed E-state index contributed by atoms with van der Waals surface area (Å²) in [5.41, 5.74) is -0.0939. The van der Waals surface area contributed by atoms with Crippen molar-refractivity contribution in [2.24, 2.45) is 17.3 Å². The van der Waals surface area contributed by atoms with E-state index in [9.17, 15) is 27.6 Å². The Hall–Kier alpha value is -4.38. The molecular formula is C41H48N2O8S. The molecule has 2 aliphatic heterocycles. The number of aryl methyl sites for hydroxylation is 1. The average molecular weight is 729 g/mol. The lowest BCUT2D eigenvalue weighted by molar-refractivity contribution is -0.150. The van der Waals surface area contributed by atoms with Crippen LogP contribution in [0.4, 0.5) is 0 Å². The molecule has 276 valence electrons. The Bertz CT molecular complexity index is 1930. The van der Waals surface area contributed by atoms with Gasteiger partial charge in [-0.2, -0.15) is 0 Å². The number of pyridine rings is 1. The number of nitrogens with zero attached hydrogens (tertiary/aromatic N) is 2. The number of allylic oxidation sites excluding steroid dienone is 1. The number of rotatable bonds is 11.